The first-order valence-corrected chi connectivity index (χ1v) is 13.2. The zero-order valence-corrected chi connectivity index (χ0v) is 19.8. The lowest BCUT2D eigenvalue weighted by molar-refractivity contribution is -0.164. The number of benzene rings is 1. The highest BCUT2D eigenvalue weighted by atomic mass is 32.2. The van der Waals surface area contributed by atoms with Gasteiger partial charge in [-0.2, -0.15) is 0 Å². The summed E-state index contributed by atoms with van der Waals surface area (Å²) < 4.78 is 13.6. The number of fused-ring (bicyclic) bond motifs is 5. The van der Waals surface area contributed by atoms with E-state index in [0.717, 1.165) is 24.2 Å². The van der Waals surface area contributed by atoms with Crippen LogP contribution in [0, 0.1) is 34.5 Å². The monoisotopic (exact) mass is 427 g/mol. The van der Waals surface area contributed by atoms with Crippen LogP contribution in [0.15, 0.2) is 35.2 Å². The van der Waals surface area contributed by atoms with Gasteiger partial charge in [0, 0.05) is 29.7 Å². The molecule has 5 rings (SSSR count). The van der Waals surface area contributed by atoms with E-state index >= 15 is 0 Å². The lowest BCUT2D eigenvalue weighted by Crippen LogP contribution is -2.63. The maximum absolute atomic E-state index is 13.6. The number of rotatable bonds is 2. The Kier molecular flexibility index (Phi) is 4.96. The zero-order valence-electron chi connectivity index (χ0n) is 19.0. The van der Waals surface area contributed by atoms with Crippen LogP contribution in [0.2, 0.25) is 0 Å². The molecule has 164 valence electrons. The highest BCUT2D eigenvalue weighted by Gasteiger charge is 2.63. The van der Waals surface area contributed by atoms with E-state index in [1.54, 1.807) is 0 Å². The zero-order chi connectivity index (χ0) is 21.3. The second-order valence-corrected chi connectivity index (χ2v) is 12.9. The Morgan fingerprint density at radius 2 is 1.70 bits per heavy atom. The van der Waals surface area contributed by atoms with Gasteiger partial charge in [0.1, 0.15) is 0 Å². The molecular formula is C26H37NO2S. The summed E-state index contributed by atoms with van der Waals surface area (Å²) in [5, 5.41) is 0.277. The van der Waals surface area contributed by atoms with E-state index in [9.17, 15) is 9.00 Å². The van der Waals surface area contributed by atoms with Crippen molar-refractivity contribution in [3.05, 3.63) is 30.3 Å². The quantitative estimate of drug-likeness (QED) is 0.644. The van der Waals surface area contributed by atoms with Crippen molar-refractivity contribution in [2.45, 2.75) is 81.9 Å². The summed E-state index contributed by atoms with van der Waals surface area (Å²) in [6.45, 7) is 7.39. The smallest absolute Gasteiger partial charge is 0.222 e. The molecule has 0 spiro atoms. The minimum Gasteiger partial charge on any atom is -0.342 e. The van der Waals surface area contributed by atoms with Gasteiger partial charge in [-0.05, 0) is 85.2 Å². The second kappa shape index (κ2) is 7.18. The van der Waals surface area contributed by atoms with Crippen LogP contribution >= 0.6 is 0 Å². The van der Waals surface area contributed by atoms with E-state index < -0.39 is 10.8 Å². The van der Waals surface area contributed by atoms with Crippen molar-refractivity contribution in [2.24, 2.45) is 34.5 Å². The predicted molar refractivity (Wildman–Crippen MR) is 121 cm³/mol. The molecule has 4 heteroatoms. The Morgan fingerprint density at radius 3 is 2.43 bits per heavy atom. The number of nitrogens with zero attached hydrogens (tertiary/aromatic N) is 1. The number of amides is 1. The Bertz CT molecular complexity index is 856. The molecule has 4 aliphatic rings. The number of hydrogen-bond acceptors (Lipinski definition) is 2. The first kappa shape index (κ1) is 20.7. The van der Waals surface area contributed by atoms with Gasteiger partial charge in [0.05, 0.1) is 10.8 Å². The summed E-state index contributed by atoms with van der Waals surface area (Å²) >= 11 is 0. The van der Waals surface area contributed by atoms with Gasteiger partial charge in [-0.25, -0.2) is 0 Å². The summed E-state index contributed by atoms with van der Waals surface area (Å²) in [6.07, 6.45) is 7.65. The van der Waals surface area contributed by atoms with E-state index in [-0.39, 0.29) is 16.1 Å². The minimum absolute atomic E-state index is 0.176. The van der Waals surface area contributed by atoms with Crippen molar-refractivity contribution in [2.75, 3.05) is 7.05 Å². The van der Waals surface area contributed by atoms with Gasteiger partial charge in [0.25, 0.3) is 0 Å². The number of hydrogen-bond donors (Lipinski definition) is 0. The van der Waals surface area contributed by atoms with Crippen LogP contribution in [0.25, 0.3) is 0 Å². The van der Waals surface area contributed by atoms with Crippen molar-refractivity contribution >= 4 is 16.7 Å². The molecule has 30 heavy (non-hydrogen) atoms. The molecule has 0 bridgehead atoms. The standard InChI is InChI=1S/C26H37NO2S/c1-17-16-21-25(2,15-13-23(28)27(21)4)20-12-14-26(3)19(24(17)20)10-11-22(26)30(29)18-8-6-5-7-9-18/h5-9,17,19-22,24H,10-16H2,1-4H3/t17?,19-,20+,21?,22?,24-,25+,26-,30?/m0/s1. The number of carbonyl (C=O) groups is 1. The van der Waals surface area contributed by atoms with E-state index in [0.29, 0.717) is 42.0 Å². The molecule has 3 nitrogen and oxygen atoms in total. The second-order valence-electron chi connectivity index (χ2n) is 11.3. The Morgan fingerprint density at radius 1 is 1.00 bits per heavy atom. The fourth-order valence-electron chi connectivity index (χ4n) is 8.48. The predicted octanol–water partition coefficient (Wildman–Crippen LogP) is 5.27. The maximum atomic E-state index is 13.6. The number of likely N-dealkylation sites (tertiary alicyclic amines) is 1. The van der Waals surface area contributed by atoms with Crippen molar-refractivity contribution in [1.82, 2.24) is 4.90 Å². The SMILES string of the molecule is CC1CC2N(C)C(=O)CC[C@]2(C)[C@@H]2CC[C@]3(C)C(S(=O)c4ccccc4)CC[C@H]3[C@H]12. The lowest BCUT2D eigenvalue weighted by atomic mass is 9.45. The van der Waals surface area contributed by atoms with E-state index in [4.69, 9.17) is 0 Å². The van der Waals surface area contributed by atoms with Crippen LogP contribution in [0.5, 0.6) is 0 Å². The summed E-state index contributed by atoms with van der Waals surface area (Å²) in [5.41, 5.74) is 0.424. The van der Waals surface area contributed by atoms with Crippen LogP contribution in [0.3, 0.4) is 0 Å². The van der Waals surface area contributed by atoms with Gasteiger partial charge < -0.3 is 4.90 Å². The van der Waals surface area contributed by atoms with Crippen molar-refractivity contribution in [3.8, 4) is 0 Å². The lowest BCUT2D eigenvalue weighted by Gasteiger charge is -2.63. The van der Waals surface area contributed by atoms with Gasteiger partial charge in [-0.15, -0.1) is 0 Å². The molecule has 1 aromatic carbocycles. The van der Waals surface area contributed by atoms with Crippen molar-refractivity contribution in [3.63, 3.8) is 0 Å². The Hall–Kier alpha value is -1.16. The number of piperidine rings is 1. The highest BCUT2D eigenvalue weighted by molar-refractivity contribution is 7.85. The van der Waals surface area contributed by atoms with Gasteiger partial charge >= 0.3 is 0 Å². The summed E-state index contributed by atoms with van der Waals surface area (Å²) in [5.74, 6) is 3.05. The third-order valence-corrected chi connectivity index (χ3v) is 12.1. The molecule has 1 heterocycles. The highest BCUT2D eigenvalue weighted by Crippen LogP contribution is 2.66. The molecule has 0 radical (unpaired) electrons. The topological polar surface area (TPSA) is 37.4 Å². The molecule has 9 atom stereocenters. The van der Waals surface area contributed by atoms with Gasteiger partial charge in [0.2, 0.25) is 5.91 Å². The first-order valence-electron chi connectivity index (χ1n) is 12.0. The summed E-state index contributed by atoms with van der Waals surface area (Å²) in [7, 11) is 1.12. The minimum atomic E-state index is -0.922. The maximum Gasteiger partial charge on any atom is 0.222 e. The third-order valence-electron chi connectivity index (χ3n) is 10.1. The molecule has 1 aromatic rings. The molecule has 3 saturated carbocycles. The normalized spacial score (nSPS) is 46.7. The fraction of sp³-hybridized carbons (Fsp3) is 0.731. The Balaban J connectivity index is 1.46. The van der Waals surface area contributed by atoms with Crippen LogP contribution in [-0.4, -0.2) is 33.4 Å². The average Bonchev–Trinajstić information content (AvgIpc) is 3.10. The van der Waals surface area contributed by atoms with Crippen LogP contribution in [0.4, 0.5) is 0 Å². The molecule has 0 N–H and O–H groups in total. The van der Waals surface area contributed by atoms with E-state index in [1.165, 1.54) is 19.3 Å². The summed E-state index contributed by atoms with van der Waals surface area (Å²) in [4.78, 5) is 15.5. The molecule has 1 saturated heterocycles. The van der Waals surface area contributed by atoms with Gasteiger partial charge in [0.15, 0.2) is 0 Å². The number of carbonyl (C=O) groups excluding carboxylic acids is 1. The van der Waals surface area contributed by atoms with Crippen LogP contribution < -0.4 is 0 Å². The van der Waals surface area contributed by atoms with Gasteiger partial charge in [-0.1, -0.05) is 39.0 Å². The van der Waals surface area contributed by atoms with Crippen molar-refractivity contribution < 1.29 is 9.00 Å². The molecule has 0 aromatic heterocycles. The van der Waals surface area contributed by atoms with Crippen LogP contribution in [0.1, 0.15) is 65.7 Å². The van der Waals surface area contributed by atoms with Gasteiger partial charge in [-0.3, -0.25) is 9.00 Å². The first-order chi connectivity index (χ1) is 14.3. The third kappa shape index (κ3) is 2.81. The average molecular weight is 428 g/mol. The molecule has 1 aliphatic heterocycles. The molecule has 4 unspecified atom stereocenters. The Labute approximate surface area is 184 Å². The molecule has 1 amide bonds. The molecular weight excluding hydrogens is 390 g/mol. The molecule has 3 aliphatic carbocycles. The van der Waals surface area contributed by atoms with E-state index in [2.05, 4.69) is 25.7 Å². The largest absolute Gasteiger partial charge is 0.342 e. The van der Waals surface area contributed by atoms with Crippen LogP contribution in [-0.2, 0) is 15.6 Å². The van der Waals surface area contributed by atoms with E-state index in [1.807, 2.05) is 37.4 Å². The summed E-state index contributed by atoms with van der Waals surface area (Å²) in [6, 6.07) is 10.5. The molecule has 4 fully saturated rings. The fourth-order valence-corrected chi connectivity index (χ4v) is 10.4. The van der Waals surface area contributed by atoms with Crippen molar-refractivity contribution in [1.29, 1.82) is 0 Å².